The van der Waals surface area contributed by atoms with E-state index in [1.165, 1.54) is 25.9 Å². The van der Waals surface area contributed by atoms with Gasteiger partial charge in [0, 0.05) is 39.5 Å². The maximum Gasteiger partial charge on any atom is 0.0599 e. The number of likely N-dealkylation sites (tertiary alicyclic amines) is 1. The van der Waals surface area contributed by atoms with E-state index in [0.717, 1.165) is 26.1 Å². The zero-order valence-electron chi connectivity index (χ0n) is 13.1. The molecule has 3 heteroatoms. The van der Waals surface area contributed by atoms with Crippen molar-refractivity contribution in [3.8, 4) is 0 Å². The van der Waals surface area contributed by atoms with Crippen LogP contribution < -0.4 is 0 Å². The van der Waals surface area contributed by atoms with E-state index in [0.29, 0.717) is 12.1 Å². The fourth-order valence-electron chi connectivity index (χ4n) is 2.16. The standard InChI is InChI=1S/C13H27NO2.C2H6/c1-12(2)14-8-6-13(7-9-14)16-11-5-4-10-15-3;1-2/h12-13H,4-11H2,1-3H3;1-2H3. The van der Waals surface area contributed by atoms with Crippen LogP contribution in [0.3, 0.4) is 0 Å². The van der Waals surface area contributed by atoms with Crippen molar-refractivity contribution in [2.75, 3.05) is 33.4 Å². The molecule has 0 aromatic heterocycles. The largest absolute Gasteiger partial charge is 0.385 e. The minimum atomic E-state index is 0.498. The molecule has 0 unspecified atom stereocenters. The van der Waals surface area contributed by atoms with Gasteiger partial charge in [-0.2, -0.15) is 0 Å². The van der Waals surface area contributed by atoms with Gasteiger partial charge in [-0.05, 0) is 39.5 Å². The Balaban J connectivity index is 0.00000137. The topological polar surface area (TPSA) is 21.7 Å². The van der Waals surface area contributed by atoms with Crippen LogP contribution in [-0.4, -0.2) is 50.5 Å². The molecular weight excluding hydrogens is 226 g/mol. The highest BCUT2D eigenvalue weighted by molar-refractivity contribution is 4.74. The second-order valence-electron chi connectivity index (χ2n) is 4.90. The molecule has 1 saturated heterocycles. The number of methoxy groups -OCH3 is 1. The van der Waals surface area contributed by atoms with Gasteiger partial charge in [0.25, 0.3) is 0 Å². The first-order valence-corrected chi connectivity index (χ1v) is 7.58. The van der Waals surface area contributed by atoms with Crippen LogP contribution in [0, 0.1) is 0 Å². The number of nitrogens with zero attached hydrogens (tertiary/aromatic N) is 1. The number of hydrogen-bond donors (Lipinski definition) is 0. The predicted molar refractivity (Wildman–Crippen MR) is 78.1 cm³/mol. The lowest BCUT2D eigenvalue weighted by atomic mass is 10.1. The first-order valence-electron chi connectivity index (χ1n) is 7.58. The Hall–Kier alpha value is -0.120. The molecule has 0 saturated carbocycles. The third kappa shape index (κ3) is 8.06. The summed E-state index contributed by atoms with van der Waals surface area (Å²) >= 11 is 0. The second kappa shape index (κ2) is 11.9. The summed E-state index contributed by atoms with van der Waals surface area (Å²) in [7, 11) is 1.75. The van der Waals surface area contributed by atoms with Crippen molar-refractivity contribution in [3.05, 3.63) is 0 Å². The van der Waals surface area contributed by atoms with Crippen molar-refractivity contribution < 1.29 is 9.47 Å². The summed E-state index contributed by atoms with van der Waals surface area (Å²) in [6.45, 7) is 12.7. The summed E-state index contributed by atoms with van der Waals surface area (Å²) in [5, 5.41) is 0. The molecule has 1 aliphatic rings. The minimum absolute atomic E-state index is 0.498. The van der Waals surface area contributed by atoms with Gasteiger partial charge in [-0.3, -0.25) is 0 Å². The van der Waals surface area contributed by atoms with E-state index in [1.54, 1.807) is 7.11 Å². The van der Waals surface area contributed by atoms with Crippen molar-refractivity contribution in [3.63, 3.8) is 0 Å². The molecule has 0 bridgehead atoms. The normalized spacial score (nSPS) is 17.7. The summed E-state index contributed by atoms with van der Waals surface area (Å²) in [6, 6.07) is 0.683. The highest BCUT2D eigenvalue weighted by atomic mass is 16.5. The van der Waals surface area contributed by atoms with Crippen LogP contribution >= 0.6 is 0 Å². The number of hydrogen-bond acceptors (Lipinski definition) is 3. The molecule has 0 aliphatic carbocycles. The molecule has 1 rings (SSSR count). The molecule has 0 radical (unpaired) electrons. The summed E-state index contributed by atoms with van der Waals surface area (Å²) in [6.07, 6.45) is 5.13. The van der Waals surface area contributed by atoms with Crippen molar-refractivity contribution in [2.24, 2.45) is 0 Å². The van der Waals surface area contributed by atoms with Gasteiger partial charge in [-0.25, -0.2) is 0 Å². The van der Waals surface area contributed by atoms with E-state index < -0.39 is 0 Å². The first kappa shape index (κ1) is 17.9. The van der Waals surface area contributed by atoms with Crippen LogP contribution in [0.4, 0.5) is 0 Å². The van der Waals surface area contributed by atoms with Gasteiger partial charge < -0.3 is 14.4 Å². The summed E-state index contributed by atoms with van der Waals surface area (Å²) in [5.41, 5.74) is 0. The van der Waals surface area contributed by atoms with Crippen molar-refractivity contribution in [1.82, 2.24) is 4.90 Å². The lowest BCUT2D eigenvalue weighted by Crippen LogP contribution is -2.40. The highest BCUT2D eigenvalue weighted by Crippen LogP contribution is 2.15. The molecule has 3 nitrogen and oxygen atoms in total. The van der Waals surface area contributed by atoms with Crippen molar-refractivity contribution in [1.29, 1.82) is 0 Å². The highest BCUT2D eigenvalue weighted by Gasteiger charge is 2.20. The summed E-state index contributed by atoms with van der Waals surface area (Å²) in [4.78, 5) is 2.53. The number of rotatable bonds is 7. The van der Waals surface area contributed by atoms with E-state index in [1.807, 2.05) is 13.8 Å². The quantitative estimate of drug-likeness (QED) is 0.655. The molecule has 1 fully saturated rings. The van der Waals surface area contributed by atoms with Gasteiger partial charge >= 0.3 is 0 Å². The summed E-state index contributed by atoms with van der Waals surface area (Å²) < 4.78 is 10.9. The van der Waals surface area contributed by atoms with Crippen molar-refractivity contribution >= 4 is 0 Å². The number of unbranched alkanes of at least 4 members (excludes halogenated alkanes) is 1. The molecule has 110 valence electrons. The maximum atomic E-state index is 5.88. The van der Waals surface area contributed by atoms with Gasteiger partial charge in [0.05, 0.1) is 6.10 Å². The number of ether oxygens (including phenoxy) is 2. The Morgan fingerprint density at radius 1 is 1.06 bits per heavy atom. The lowest BCUT2D eigenvalue weighted by molar-refractivity contribution is -0.00150. The predicted octanol–water partition coefficient (Wildman–Crippen LogP) is 3.33. The molecule has 0 spiro atoms. The van der Waals surface area contributed by atoms with Gasteiger partial charge in [0.1, 0.15) is 0 Å². The van der Waals surface area contributed by atoms with Crippen molar-refractivity contribution in [2.45, 2.75) is 65.5 Å². The minimum Gasteiger partial charge on any atom is -0.385 e. The van der Waals surface area contributed by atoms with Crippen LogP contribution in [0.1, 0.15) is 53.4 Å². The Kier molecular flexibility index (Phi) is 11.9. The number of piperidine rings is 1. The van der Waals surface area contributed by atoms with Crippen LogP contribution in [0.15, 0.2) is 0 Å². The van der Waals surface area contributed by atoms with Gasteiger partial charge in [-0.15, -0.1) is 0 Å². The fourth-order valence-corrected chi connectivity index (χ4v) is 2.16. The van der Waals surface area contributed by atoms with E-state index in [9.17, 15) is 0 Å². The molecule has 0 aromatic carbocycles. The average molecular weight is 259 g/mol. The molecule has 0 N–H and O–H groups in total. The SMILES string of the molecule is CC.COCCCCOC1CCN(C(C)C)CC1. The van der Waals surface area contributed by atoms with Gasteiger partial charge in [-0.1, -0.05) is 13.8 Å². The molecule has 0 aromatic rings. The first-order chi connectivity index (χ1) is 8.74. The maximum absolute atomic E-state index is 5.88. The van der Waals surface area contributed by atoms with Crippen LogP contribution in [0.2, 0.25) is 0 Å². The van der Waals surface area contributed by atoms with Crippen LogP contribution in [-0.2, 0) is 9.47 Å². The molecule has 0 amide bonds. The third-order valence-electron chi connectivity index (χ3n) is 3.30. The third-order valence-corrected chi connectivity index (χ3v) is 3.30. The van der Waals surface area contributed by atoms with Crippen LogP contribution in [0.25, 0.3) is 0 Å². The Morgan fingerprint density at radius 3 is 2.11 bits per heavy atom. The Morgan fingerprint density at radius 2 is 1.61 bits per heavy atom. The second-order valence-corrected chi connectivity index (χ2v) is 4.90. The Labute approximate surface area is 114 Å². The van der Waals surface area contributed by atoms with Gasteiger partial charge in [0.2, 0.25) is 0 Å². The zero-order valence-corrected chi connectivity index (χ0v) is 13.1. The van der Waals surface area contributed by atoms with Gasteiger partial charge in [0.15, 0.2) is 0 Å². The zero-order chi connectivity index (χ0) is 13.8. The monoisotopic (exact) mass is 259 g/mol. The molecule has 1 aliphatic heterocycles. The van der Waals surface area contributed by atoms with E-state index >= 15 is 0 Å². The molecule has 0 atom stereocenters. The van der Waals surface area contributed by atoms with E-state index in [2.05, 4.69) is 18.7 Å². The van der Waals surface area contributed by atoms with E-state index in [-0.39, 0.29) is 0 Å². The Bertz CT molecular complexity index is 166. The molecular formula is C15H33NO2. The molecule has 18 heavy (non-hydrogen) atoms. The smallest absolute Gasteiger partial charge is 0.0599 e. The molecule has 1 heterocycles. The van der Waals surface area contributed by atoms with E-state index in [4.69, 9.17) is 9.47 Å². The lowest BCUT2D eigenvalue weighted by Gasteiger charge is -2.34. The van der Waals surface area contributed by atoms with Crippen LogP contribution in [0.5, 0.6) is 0 Å². The summed E-state index contributed by atoms with van der Waals surface area (Å²) in [5.74, 6) is 0. The fraction of sp³-hybridized carbons (Fsp3) is 1.00. The average Bonchev–Trinajstić information content (AvgIpc) is 2.41.